The van der Waals surface area contributed by atoms with E-state index in [9.17, 15) is 14.9 Å². The fraction of sp³-hybridized carbons (Fsp3) is 0.179. The smallest absolute Gasteiger partial charge is 0.254 e. The van der Waals surface area contributed by atoms with Crippen LogP contribution >= 0.6 is 11.8 Å². The molecular weight excluding hydrogens is 472 g/mol. The van der Waals surface area contributed by atoms with Crippen molar-refractivity contribution in [3.63, 3.8) is 0 Å². The first-order valence-corrected chi connectivity index (χ1v) is 12.4. The van der Waals surface area contributed by atoms with E-state index >= 15 is 0 Å². The molecule has 3 aromatic rings. The zero-order chi connectivity index (χ0) is 25.7. The number of para-hydroxylation sites is 2. The Morgan fingerprint density at radius 3 is 2.36 bits per heavy atom. The summed E-state index contributed by atoms with van der Waals surface area (Å²) < 4.78 is 5.67. The summed E-state index contributed by atoms with van der Waals surface area (Å²) in [6.07, 6.45) is 1.52. The molecule has 0 bridgehead atoms. The molecule has 3 N–H and O–H groups in total. The number of hydrogen-bond donors (Lipinski definition) is 3. The lowest BCUT2D eigenvalue weighted by Gasteiger charge is -2.28. The number of nitrogens with zero attached hydrogens (tertiary/aromatic N) is 1. The van der Waals surface area contributed by atoms with Gasteiger partial charge in [-0.15, -0.1) is 0 Å². The van der Waals surface area contributed by atoms with Crippen LogP contribution in [-0.4, -0.2) is 17.6 Å². The summed E-state index contributed by atoms with van der Waals surface area (Å²) in [6, 6.07) is 20.7. The Balaban J connectivity index is 1.61. The Bertz CT molecular complexity index is 1370. The second kappa shape index (κ2) is 11.0. The van der Waals surface area contributed by atoms with Crippen LogP contribution in [0.1, 0.15) is 29.7 Å². The third-order valence-corrected chi connectivity index (χ3v) is 6.86. The molecule has 1 aliphatic rings. The molecule has 0 saturated heterocycles. The Kier molecular flexibility index (Phi) is 7.62. The highest BCUT2D eigenvalue weighted by Crippen LogP contribution is 2.41. The third-order valence-electron chi connectivity index (χ3n) is 5.84. The van der Waals surface area contributed by atoms with Crippen molar-refractivity contribution >= 4 is 35.0 Å². The van der Waals surface area contributed by atoms with Gasteiger partial charge in [-0.05, 0) is 56.2 Å². The third kappa shape index (κ3) is 5.37. The number of nitriles is 1. The molecule has 2 heterocycles. The predicted molar refractivity (Wildman–Crippen MR) is 142 cm³/mol. The molecule has 7 nitrogen and oxygen atoms in total. The maximum absolute atomic E-state index is 13.6. The summed E-state index contributed by atoms with van der Waals surface area (Å²) in [5.74, 6) is -0.670. The summed E-state index contributed by atoms with van der Waals surface area (Å²) in [4.78, 5) is 26.1. The van der Waals surface area contributed by atoms with Gasteiger partial charge in [-0.25, -0.2) is 0 Å². The van der Waals surface area contributed by atoms with Crippen molar-refractivity contribution in [1.29, 1.82) is 5.26 Å². The van der Waals surface area contributed by atoms with E-state index in [0.717, 1.165) is 16.8 Å². The van der Waals surface area contributed by atoms with Crippen LogP contribution < -0.4 is 16.0 Å². The van der Waals surface area contributed by atoms with Gasteiger partial charge in [-0.2, -0.15) is 5.26 Å². The number of rotatable bonds is 7. The lowest BCUT2D eigenvalue weighted by Crippen LogP contribution is -2.31. The van der Waals surface area contributed by atoms with E-state index < -0.39 is 5.92 Å². The van der Waals surface area contributed by atoms with Crippen LogP contribution in [0.4, 0.5) is 11.4 Å². The van der Waals surface area contributed by atoms with Crippen molar-refractivity contribution < 1.29 is 14.0 Å². The van der Waals surface area contributed by atoms with Crippen LogP contribution in [0.5, 0.6) is 0 Å². The van der Waals surface area contributed by atoms with Gasteiger partial charge in [0, 0.05) is 17.1 Å². The zero-order valence-corrected chi connectivity index (χ0v) is 21.0. The Hall–Kier alpha value is -4.22. The average Bonchev–Trinajstić information content (AvgIpc) is 3.40. The summed E-state index contributed by atoms with van der Waals surface area (Å²) in [5.41, 5.74) is 4.62. The number of nitrogens with one attached hydrogen (secondary N) is 3. The van der Waals surface area contributed by atoms with Crippen LogP contribution in [0.15, 0.2) is 93.2 Å². The van der Waals surface area contributed by atoms with Gasteiger partial charge in [0.05, 0.1) is 40.2 Å². The molecule has 182 valence electrons. The van der Waals surface area contributed by atoms with E-state index in [1.54, 1.807) is 19.1 Å². The van der Waals surface area contributed by atoms with Crippen LogP contribution in [0.3, 0.4) is 0 Å². The normalized spacial score (nSPS) is 15.2. The summed E-state index contributed by atoms with van der Waals surface area (Å²) in [5, 5.41) is 19.7. The van der Waals surface area contributed by atoms with E-state index in [0.29, 0.717) is 33.3 Å². The highest BCUT2D eigenvalue weighted by molar-refractivity contribution is 8.03. The lowest BCUT2D eigenvalue weighted by atomic mass is 9.85. The number of anilines is 2. The molecule has 0 fully saturated rings. The van der Waals surface area contributed by atoms with Crippen LogP contribution in [0.25, 0.3) is 0 Å². The number of furan rings is 1. The fourth-order valence-electron chi connectivity index (χ4n) is 4.12. The highest BCUT2D eigenvalue weighted by Gasteiger charge is 2.36. The molecule has 4 rings (SSSR count). The number of carbonyl (C=O) groups excluding carboxylic acids is 2. The largest absolute Gasteiger partial charge is 0.468 e. The first-order chi connectivity index (χ1) is 17.4. The van der Waals surface area contributed by atoms with Gasteiger partial charge < -0.3 is 20.4 Å². The summed E-state index contributed by atoms with van der Waals surface area (Å²) >= 11 is 1.21. The van der Waals surface area contributed by atoms with Gasteiger partial charge in [0.25, 0.3) is 5.91 Å². The number of carbonyl (C=O) groups is 2. The second-order valence-electron chi connectivity index (χ2n) is 8.39. The van der Waals surface area contributed by atoms with Gasteiger partial charge in [-0.1, -0.05) is 48.2 Å². The van der Waals surface area contributed by atoms with E-state index in [1.807, 2.05) is 62.4 Å². The minimum absolute atomic E-state index is 0.0878. The molecule has 8 heteroatoms. The molecule has 1 aliphatic heterocycles. The van der Waals surface area contributed by atoms with E-state index in [4.69, 9.17) is 4.42 Å². The van der Waals surface area contributed by atoms with Gasteiger partial charge >= 0.3 is 0 Å². The van der Waals surface area contributed by atoms with Gasteiger partial charge in [0.2, 0.25) is 5.91 Å². The van der Waals surface area contributed by atoms with E-state index in [1.165, 1.54) is 18.0 Å². The molecule has 0 saturated carbocycles. The predicted octanol–water partition coefficient (Wildman–Crippen LogP) is 5.60. The lowest BCUT2D eigenvalue weighted by molar-refractivity contribution is -0.114. The van der Waals surface area contributed by atoms with Crippen molar-refractivity contribution in [2.45, 2.75) is 26.7 Å². The topological polar surface area (TPSA) is 107 Å². The molecule has 0 unspecified atom stereocenters. The fourth-order valence-corrected chi connectivity index (χ4v) is 5.01. The second-order valence-corrected chi connectivity index (χ2v) is 9.38. The summed E-state index contributed by atoms with van der Waals surface area (Å²) in [6.45, 7) is 5.65. The number of benzene rings is 2. The van der Waals surface area contributed by atoms with Crippen molar-refractivity contribution in [1.82, 2.24) is 5.32 Å². The van der Waals surface area contributed by atoms with Crippen molar-refractivity contribution in [2.75, 3.05) is 16.4 Å². The maximum atomic E-state index is 13.6. The molecule has 1 atom stereocenters. The molecule has 0 radical (unpaired) electrons. The number of thioether (sulfide) groups is 1. The van der Waals surface area contributed by atoms with Crippen molar-refractivity contribution in [2.24, 2.45) is 0 Å². The van der Waals surface area contributed by atoms with Gasteiger partial charge in [0.1, 0.15) is 5.76 Å². The first kappa shape index (κ1) is 24.9. The molecule has 36 heavy (non-hydrogen) atoms. The number of amides is 2. The van der Waals surface area contributed by atoms with Crippen LogP contribution in [0.2, 0.25) is 0 Å². The standard InChI is InChI=1S/C28H26N4O3S/c1-17-9-7-10-18(2)26(17)32-27(34)24-19(3)30-28(21(15-29)25(24)22-13-8-14-35-22)36-16-23(33)31-20-11-5-4-6-12-20/h4-14,25,30H,16H2,1-3H3,(H,31,33)(H,32,34)/t25-/m1/s1. The number of dihydropyridines is 1. The maximum Gasteiger partial charge on any atom is 0.254 e. The highest BCUT2D eigenvalue weighted by atomic mass is 32.2. The minimum atomic E-state index is -0.713. The monoisotopic (exact) mass is 498 g/mol. The van der Waals surface area contributed by atoms with Crippen molar-refractivity contribution in [3.05, 3.63) is 106 Å². The van der Waals surface area contributed by atoms with Gasteiger partial charge in [0.15, 0.2) is 0 Å². The van der Waals surface area contributed by atoms with Crippen molar-refractivity contribution in [3.8, 4) is 6.07 Å². The summed E-state index contributed by atoms with van der Waals surface area (Å²) in [7, 11) is 0. The Morgan fingerprint density at radius 1 is 1.00 bits per heavy atom. The molecule has 2 aromatic carbocycles. The van der Waals surface area contributed by atoms with Crippen LogP contribution in [-0.2, 0) is 9.59 Å². The van der Waals surface area contributed by atoms with Gasteiger partial charge in [-0.3, -0.25) is 9.59 Å². The SMILES string of the molecule is CC1=C(C(=O)Nc2c(C)cccc2C)[C@@H](c2ccco2)C(C#N)=C(SCC(=O)Nc2ccccc2)N1. The van der Waals surface area contributed by atoms with Crippen LogP contribution in [0, 0.1) is 25.2 Å². The number of hydrogen-bond acceptors (Lipinski definition) is 6. The molecule has 0 aliphatic carbocycles. The van der Waals surface area contributed by atoms with E-state index in [2.05, 4.69) is 22.0 Å². The molecule has 1 aromatic heterocycles. The average molecular weight is 499 g/mol. The van der Waals surface area contributed by atoms with E-state index in [-0.39, 0.29) is 17.6 Å². The Morgan fingerprint density at radius 2 is 1.72 bits per heavy atom. The first-order valence-electron chi connectivity index (χ1n) is 11.4. The minimum Gasteiger partial charge on any atom is -0.468 e. The molecule has 0 spiro atoms. The number of allylic oxidation sites excluding steroid dienone is 2. The molecule has 2 amide bonds. The number of aryl methyl sites for hydroxylation is 2. The Labute approximate surface area is 214 Å². The zero-order valence-electron chi connectivity index (χ0n) is 20.2. The quantitative estimate of drug-likeness (QED) is 0.391. The molecular formula is C28H26N4O3S.